The van der Waals surface area contributed by atoms with Crippen molar-refractivity contribution < 1.29 is 9.60 Å². The van der Waals surface area contributed by atoms with Gasteiger partial charge in [-0.2, -0.15) is 0 Å². The third kappa shape index (κ3) is 2.07. The van der Waals surface area contributed by atoms with E-state index in [0.29, 0.717) is 6.42 Å². The summed E-state index contributed by atoms with van der Waals surface area (Å²) >= 11 is 1.51. The molecule has 1 aromatic carbocycles. The number of nitrogens with two attached hydrogens (primary N) is 1. The number of oxime groups is 1. The van der Waals surface area contributed by atoms with Crippen LogP contribution in [-0.4, -0.2) is 11.0 Å². The average molecular weight is 224 g/mol. The monoisotopic (exact) mass is 224 g/mol. The number of hydrogen-bond acceptors (Lipinski definition) is 3. The van der Waals surface area contributed by atoms with Crippen LogP contribution in [0.25, 0.3) is 10.1 Å². The number of nitrogens with zero attached hydrogens (tertiary/aromatic N) is 1. The molecular formula is C10H9FN2OS. The van der Waals surface area contributed by atoms with Gasteiger partial charge in [-0.15, -0.1) is 11.3 Å². The molecule has 78 valence electrons. The van der Waals surface area contributed by atoms with Crippen LogP contribution in [-0.2, 0) is 6.42 Å². The smallest absolute Gasteiger partial charge is 0.144 e. The summed E-state index contributed by atoms with van der Waals surface area (Å²) < 4.78 is 13.9. The molecule has 0 amide bonds. The average Bonchev–Trinajstić information content (AvgIpc) is 2.59. The van der Waals surface area contributed by atoms with Gasteiger partial charge in [0.2, 0.25) is 0 Å². The van der Waals surface area contributed by atoms with Gasteiger partial charge >= 0.3 is 0 Å². The van der Waals surface area contributed by atoms with Crippen molar-refractivity contribution in [1.82, 2.24) is 0 Å². The molecule has 0 bridgehead atoms. The van der Waals surface area contributed by atoms with Crippen molar-refractivity contribution in [2.75, 3.05) is 0 Å². The summed E-state index contributed by atoms with van der Waals surface area (Å²) in [4.78, 5) is 0.950. The van der Waals surface area contributed by atoms with Crippen LogP contribution in [0.1, 0.15) is 4.88 Å². The van der Waals surface area contributed by atoms with Gasteiger partial charge in [0, 0.05) is 16.0 Å². The first kappa shape index (κ1) is 9.92. The van der Waals surface area contributed by atoms with E-state index >= 15 is 0 Å². The summed E-state index contributed by atoms with van der Waals surface area (Å²) in [5, 5.41) is 12.2. The number of amidine groups is 1. The van der Waals surface area contributed by atoms with E-state index in [-0.39, 0.29) is 11.7 Å². The van der Waals surface area contributed by atoms with Crippen molar-refractivity contribution in [2.45, 2.75) is 6.42 Å². The van der Waals surface area contributed by atoms with Crippen molar-refractivity contribution in [3.8, 4) is 0 Å². The highest BCUT2D eigenvalue weighted by molar-refractivity contribution is 7.19. The lowest BCUT2D eigenvalue weighted by molar-refractivity contribution is 0.317. The summed E-state index contributed by atoms with van der Waals surface area (Å²) in [5.74, 6) is -0.0994. The molecule has 5 heteroatoms. The molecule has 0 spiro atoms. The SMILES string of the molecule is N/C(Cc1cc2cc(F)ccc2s1)=N\O. The Morgan fingerprint density at radius 3 is 3.00 bits per heavy atom. The largest absolute Gasteiger partial charge is 0.409 e. The fraction of sp³-hybridized carbons (Fsp3) is 0.100. The fourth-order valence-electron chi connectivity index (χ4n) is 1.37. The Labute approximate surface area is 89.6 Å². The summed E-state index contributed by atoms with van der Waals surface area (Å²) in [6.45, 7) is 0. The molecule has 1 aromatic heterocycles. The molecule has 2 rings (SSSR count). The van der Waals surface area contributed by atoms with Crippen LogP contribution in [0.2, 0.25) is 0 Å². The van der Waals surface area contributed by atoms with Crippen molar-refractivity contribution in [2.24, 2.45) is 10.9 Å². The molecule has 3 nitrogen and oxygen atoms in total. The molecule has 0 aliphatic rings. The van der Waals surface area contributed by atoms with Gasteiger partial charge in [-0.05, 0) is 29.7 Å². The molecule has 0 saturated carbocycles. The van der Waals surface area contributed by atoms with Crippen molar-refractivity contribution in [3.05, 3.63) is 35.0 Å². The quantitative estimate of drug-likeness (QED) is 0.356. The first-order valence-corrected chi connectivity index (χ1v) is 5.15. The van der Waals surface area contributed by atoms with Crippen LogP contribution in [0.4, 0.5) is 4.39 Å². The molecule has 0 radical (unpaired) electrons. The normalized spacial score (nSPS) is 12.2. The highest BCUT2D eigenvalue weighted by atomic mass is 32.1. The van der Waals surface area contributed by atoms with E-state index in [0.717, 1.165) is 15.0 Å². The molecule has 0 aliphatic heterocycles. The molecule has 0 saturated heterocycles. The number of hydrogen-bond donors (Lipinski definition) is 2. The number of rotatable bonds is 2. The van der Waals surface area contributed by atoms with Crippen LogP contribution in [0, 0.1) is 5.82 Å². The van der Waals surface area contributed by atoms with Crippen molar-refractivity contribution >= 4 is 27.3 Å². The summed E-state index contributed by atoms with van der Waals surface area (Å²) in [6.07, 6.45) is 0.386. The molecule has 0 aliphatic carbocycles. The molecule has 0 fully saturated rings. The van der Waals surface area contributed by atoms with Gasteiger partial charge in [-0.1, -0.05) is 5.16 Å². The second-order valence-electron chi connectivity index (χ2n) is 3.16. The van der Waals surface area contributed by atoms with Gasteiger partial charge in [0.25, 0.3) is 0 Å². The number of fused-ring (bicyclic) bond motifs is 1. The Kier molecular flexibility index (Phi) is 2.55. The zero-order chi connectivity index (χ0) is 10.8. The Bertz CT molecular complexity index is 521. The summed E-state index contributed by atoms with van der Waals surface area (Å²) in [6, 6.07) is 6.47. The van der Waals surface area contributed by atoms with Gasteiger partial charge in [0.15, 0.2) is 0 Å². The summed E-state index contributed by atoms with van der Waals surface area (Å²) in [5.41, 5.74) is 5.39. The highest BCUT2D eigenvalue weighted by Gasteiger charge is 2.04. The predicted octanol–water partition coefficient (Wildman–Crippen LogP) is 2.33. The maximum Gasteiger partial charge on any atom is 0.144 e. The molecule has 3 N–H and O–H groups in total. The fourth-order valence-corrected chi connectivity index (χ4v) is 2.43. The lowest BCUT2D eigenvalue weighted by atomic mass is 10.2. The van der Waals surface area contributed by atoms with E-state index in [1.54, 1.807) is 6.07 Å². The lowest BCUT2D eigenvalue weighted by Crippen LogP contribution is -2.13. The molecule has 2 aromatic rings. The topological polar surface area (TPSA) is 58.6 Å². The van der Waals surface area contributed by atoms with E-state index in [1.807, 2.05) is 6.07 Å². The van der Waals surface area contributed by atoms with Gasteiger partial charge in [-0.3, -0.25) is 0 Å². The van der Waals surface area contributed by atoms with E-state index in [2.05, 4.69) is 5.16 Å². The van der Waals surface area contributed by atoms with Gasteiger partial charge in [0.05, 0.1) is 0 Å². The van der Waals surface area contributed by atoms with Gasteiger partial charge < -0.3 is 10.9 Å². The standard InChI is InChI=1S/C10H9FN2OS/c11-7-1-2-9-6(3-7)4-8(15-9)5-10(12)13-14/h1-4,14H,5H2,(H2,12,13). The zero-order valence-corrected chi connectivity index (χ0v) is 8.59. The third-order valence-electron chi connectivity index (χ3n) is 2.01. The van der Waals surface area contributed by atoms with Gasteiger partial charge in [-0.25, -0.2) is 4.39 Å². The van der Waals surface area contributed by atoms with Crippen LogP contribution in [0.3, 0.4) is 0 Å². The summed E-state index contributed by atoms with van der Waals surface area (Å²) in [7, 11) is 0. The maximum atomic E-state index is 12.9. The Morgan fingerprint density at radius 2 is 2.27 bits per heavy atom. The number of halogens is 1. The molecule has 0 atom stereocenters. The Balaban J connectivity index is 2.39. The minimum absolute atomic E-state index is 0.155. The van der Waals surface area contributed by atoms with Crippen LogP contribution in [0.15, 0.2) is 29.4 Å². The third-order valence-corrected chi connectivity index (χ3v) is 3.13. The molecule has 0 unspecified atom stereocenters. The van der Waals surface area contributed by atoms with Crippen molar-refractivity contribution in [3.63, 3.8) is 0 Å². The van der Waals surface area contributed by atoms with Crippen LogP contribution < -0.4 is 5.73 Å². The number of benzene rings is 1. The number of thiophene rings is 1. The minimum atomic E-state index is -0.254. The van der Waals surface area contributed by atoms with Crippen LogP contribution in [0.5, 0.6) is 0 Å². The maximum absolute atomic E-state index is 12.9. The lowest BCUT2D eigenvalue weighted by Gasteiger charge is -1.91. The first-order valence-electron chi connectivity index (χ1n) is 4.33. The van der Waals surface area contributed by atoms with Gasteiger partial charge in [0.1, 0.15) is 11.7 Å². The van der Waals surface area contributed by atoms with Crippen LogP contribution >= 0.6 is 11.3 Å². The van der Waals surface area contributed by atoms with E-state index in [9.17, 15) is 4.39 Å². The molecule has 15 heavy (non-hydrogen) atoms. The van der Waals surface area contributed by atoms with E-state index in [1.165, 1.54) is 23.5 Å². The predicted molar refractivity (Wildman–Crippen MR) is 58.9 cm³/mol. The van der Waals surface area contributed by atoms with E-state index < -0.39 is 0 Å². The first-order chi connectivity index (χ1) is 7.19. The second-order valence-corrected chi connectivity index (χ2v) is 4.33. The van der Waals surface area contributed by atoms with Crippen molar-refractivity contribution in [1.29, 1.82) is 0 Å². The zero-order valence-electron chi connectivity index (χ0n) is 7.77. The molecule has 1 heterocycles. The highest BCUT2D eigenvalue weighted by Crippen LogP contribution is 2.26. The molecular weight excluding hydrogens is 215 g/mol. The Hall–Kier alpha value is -1.62. The minimum Gasteiger partial charge on any atom is -0.409 e. The second kappa shape index (κ2) is 3.86. The van der Waals surface area contributed by atoms with E-state index in [4.69, 9.17) is 10.9 Å². The Morgan fingerprint density at radius 1 is 1.47 bits per heavy atom.